The highest BCUT2D eigenvalue weighted by atomic mass is 16.5. The summed E-state index contributed by atoms with van der Waals surface area (Å²) in [6, 6.07) is 14.1. The van der Waals surface area contributed by atoms with Crippen molar-refractivity contribution in [2.24, 2.45) is 9.98 Å². The Morgan fingerprint density at radius 2 is 1.23 bits per heavy atom. The monoisotopic (exact) mass is 352 g/mol. The molecule has 2 rings (SSSR count). The van der Waals surface area contributed by atoms with Gasteiger partial charge in [-0.25, -0.2) is 9.59 Å². The quantitative estimate of drug-likeness (QED) is 0.436. The van der Waals surface area contributed by atoms with E-state index in [0.29, 0.717) is 24.2 Å². The minimum Gasteiger partial charge on any atom is -0.465 e. The molecule has 0 radical (unpaired) electrons. The lowest BCUT2D eigenvalue weighted by Crippen LogP contribution is -2.01. The Bertz CT molecular complexity index is 759. The number of hydrogen-bond donors (Lipinski definition) is 0. The number of esters is 2. The summed E-state index contributed by atoms with van der Waals surface area (Å²) in [5.41, 5.74) is 2.62. The number of rotatable bonds is 7. The number of carbonyl (C=O) groups is 2. The molecular formula is C20H20N2O4. The maximum absolute atomic E-state index is 11.5. The Morgan fingerprint density at radius 3 is 1.62 bits per heavy atom. The lowest BCUT2D eigenvalue weighted by molar-refractivity contribution is 0.0592. The van der Waals surface area contributed by atoms with E-state index in [2.05, 4.69) is 19.5 Å². The molecule has 0 saturated carbocycles. The molecule has 0 aliphatic heterocycles. The Kier molecular flexibility index (Phi) is 7.24. The highest BCUT2D eigenvalue weighted by Gasteiger charge is 2.05. The van der Waals surface area contributed by atoms with Gasteiger partial charge in [0.15, 0.2) is 0 Å². The molecule has 134 valence electrons. The highest BCUT2D eigenvalue weighted by molar-refractivity contribution is 5.92. The number of methoxy groups -OCH3 is 2. The fraction of sp³-hybridized carbons (Fsp3) is 0.200. The molecular weight excluding hydrogens is 332 g/mol. The van der Waals surface area contributed by atoms with Gasteiger partial charge in [0.25, 0.3) is 0 Å². The molecule has 0 N–H and O–H groups in total. The van der Waals surface area contributed by atoms with Crippen LogP contribution < -0.4 is 0 Å². The van der Waals surface area contributed by atoms with Crippen molar-refractivity contribution in [2.45, 2.75) is 0 Å². The van der Waals surface area contributed by atoms with Crippen molar-refractivity contribution >= 4 is 24.4 Å². The van der Waals surface area contributed by atoms with E-state index >= 15 is 0 Å². The Morgan fingerprint density at radius 1 is 0.808 bits per heavy atom. The largest absolute Gasteiger partial charge is 0.465 e. The zero-order valence-electron chi connectivity index (χ0n) is 14.7. The lowest BCUT2D eigenvalue weighted by atomic mass is 10.1. The Labute approximate surface area is 152 Å². The molecule has 0 aromatic heterocycles. The zero-order valence-corrected chi connectivity index (χ0v) is 14.7. The van der Waals surface area contributed by atoms with Gasteiger partial charge >= 0.3 is 11.9 Å². The van der Waals surface area contributed by atoms with E-state index in [1.54, 1.807) is 48.8 Å². The van der Waals surface area contributed by atoms with Gasteiger partial charge < -0.3 is 9.47 Å². The number of nitrogens with zero attached hydrogens (tertiary/aromatic N) is 2. The van der Waals surface area contributed by atoms with Crippen molar-refractivity contribution in [3.63, 3.8) is 0 Å². The van der Waals surface area contributed by atoms with Crippen LogP contribution in [0.25, 0.3) is 0 Å². The third-order valence-electron chi connectivity index (χ3n) is 3.45. The third-order valence-corrected chi connectivity index (χ3v) is 3.45. The average molecular weight is 352 g/mol. The van der Waals surface area contributed by atoms with Crippen molar-refractivity contribution in [1.29, 1.82) is 0 Å². The number of carbonyl (C=O) groups excluding carboxylic acids is 2. The van der Waals surface area contributed by atoms with Crippen molar-refractivity contribution in [1.82, 2.24) is 0 Å². The number of aliphatic imine (C=N–C) groups is 2. The molecule has 0 unspecified atom stereocenters. The van der Waals surface area contributed by atoms with Crippen LogP contribution in [0.2, 0.25) is 0 Å². The van der Waals surface area contributed by atoms with E-state index < -0.39 is 0 Å². The van der Waals surface area contributed by atoms with Gasteiger partial charge in [-0.1, -0.05) is 24.3 Å². The van der Waals surface area contributed by atoms with Crippen LogP contribution in [0.1, 0.15) is 31.8 Å². The average Bonchev–Trinajstić information content (AvgIpc) is 2.69. The van der Waals surface area contributed by atoms with Crippen LogP contribution in [-0.4, -0.2) is 51.7 Å². The van der Waals surface area contributed by atoms with Crippen molar-refractivity contribution in [3.8, 4) is 0 Å². The van der Waals surface area contributed by atoms with E-state index in [1.807, 2.05) is 12.1 Å². The summed E-state index contributed by atoms with van der Waals surface area (Å²) in [4.78, 5) is 31.6. The van der Waals surface area contributed by atoms with E-state index in [0.717, 1.165) is 11.1 Å². The van der Waals surface area contributed by atoms with E-state index in [4.69, 9.17) is 0 Å². The van der Waals surface area contributed by atoms with Gasteiger partial charge in [-0.3, -0.25) is 9.98 Å². The van der Waals surface area contributed by atoms with Crippen LogP contribution in [0, 0.1) is 0 Å². The molecule has 2 aromatic rings. The second kappa shape index (κ2) is 9.88. The van der Waals surface area contributed by atoms with Gasteiger partial charge in [0.2, 0.25) is 0 Å². The summed E-state index contributed by atoms with van der Waals surface area (Å²) in [5, 5.41) is 0. The Hall–Kier alpha value is -3.28. The second-order valence-corrected chi connectivity index (χ2v) is 5.30. The van der Waals surface area contributed by atoms with E-state index in [-0.39, 0.29) is 11.9 Å². The number of benzene rings is 2. The summed E-state index contributed by atoms with van der Waals surface area (Å²) >= 11 is 0. The topological polar surface area (TPSA) is 77.3 Å². The molecule has 0 atom stereocenters. The fourth-order valence-electron chi connectivity index (χ4n) is 2.18. The lowest BCUT2D eigenvalue weighted by Gasteiger charge is -2.00. The molecule has 0 heterocycles. The molecule has 0 saturated heterocycles. The first-order chi connectivity index (χ1) is 12.6. The maximum atomic E-state index is 11.5. The molecule has 6 nitrogen and oxygen atoms in total. The summed E-state index contributed by atoms with van der Waals surface area (Å²) in [7, 11) is 2.70. The maximum Gasteiger partial charge on any atom is 0.337 e. The minimum absolute atomic E-state index is 0.376. The second-order valence-electron chi connectivity index (χ2n) is 5.30. The van der Waals surface area contributed by atoms with Gasteiger partial charge in [-0.15, -0.1) is 0 Å². The van der Waals surface area contributed by atoms with Crippen molar-refractivity contribution in [2.75, 3.05) is 27.3 Å². The zero-order chi connectivity index (χ0) is 18.8. The van der Waals surface area contributed by atoms with Crippen LogP contribution in [-0.2, 0) is 9.47 Å². The van der Waals surface area contributed by atoms with E-state index in [1.165, 1.54) is 14.2 Å². The van der Waals surface area contributed by atoms with E-state index in [9.17, 15) is 9.59 Å². The molecule has 0 aliphatic carbocycles. The third kappa shape index (κ3) is 5.66. The fourth-order valence-corrected chi connectivity index (χ4v) is 2.18. The first kappa shape index (κ1) is 19.1. The number of ether oxygens (including phenoxy) is 2. The first-order valence-corrected chi connectivity index (χ1v) is 8.00. The predicted octanol–water partition coefficient (Wildman–Crippen LogP) is 2.80. The van der Waals surface area contributed by atoms with Crippen LogP contribution in [0.5, 0.6) is 0 Å². The Balaban J connectivity index is 1.87. The number of hydrogen-bond acceptors (Lipinski definition) is 6. The predicted molar refractivity (Wildman–Crippen MR) is 100 cm³/mol. The molecule has 0 amide bonds. The first-order valence-electron chi connectivity index (χ1n) is 8.00. The summed E-state index contributed by atoms with van der Waals surface area (Å²) in [6.45, 7) is 1.02. The van der Waals surface area contributed by atoms with Crippen molar-refractivity contribution < 1.29 is 19.1 Å². The summed E-state index contributed by atoms with van der Waals surface area (Å²) in [6.07, 6.45) is 3.39. The smallest absolute Gasteiger partial charge is 0.337 e. The minimum atomic E-state index is -0.376. The standard InChI is InChI=1S/C20H20N2O4/c1-25-19(23)17-7-3-5-15(11-17)13-21-9-10-22-14-16-6-4-8-18(12-16)20(24)26-2/h3-8,11-14H,9-10H2,1-2H3. The molecule has 0 spiro atoms. The van der Waals surface area contributed by atoms with Crippen molar-refractivity contribution in [3.05, 3.63) is 70.8 Å². The van der Waals surface area contributed by atoms with Crippen LogP contribution in [0.3, 0.4) is 0 Å². The molecule has 2 aromatic carbocycles. The summed E-state index contributed by atoms with van der Waals surface area (Å²) in [5.74, 6) is -0.752. The molecule has 0 fully saturated rings. The van der Waals surface area contributed by atoms with Gasteiger partial charge in [0.05, 0.1) is 38.4 Å². The molecule has 26 heavy (non-hydrogen) atoms. The van der Waals surface area contributed by atoms with Gasteiger partial charge in [0, 0.05) is 12.4 Å². The van der Waals surface area contributed by atoms with Gasteiger partial charge in [-0.05, 0) is 35.4 Å². The van der Waals surface area contributed by atoms with Crippen LogP contribution >= 0.6 is 0 Å². The summed E-state index contributed by atoms with van der Waals surface area (Å²) < 4.78 is 9.38. The van der Waals surface area contributed by atoms with Gasteiger partial charge in [0.1, 0.15) is 0 Å². The highest BCUT2D eigenvalue weighted by Crippen LogP contribution is 2.06. The SMILES string of the molecule is COC(=O)c1cccc(C=NCCN=Cc2cccc(C(=O)OC)c2)c1. The normalized spacial score (nSPS) is 11.0. The molecule has 6 heteroatoms. The molecule has 0 aliphatic rings. The van der Waals surface area contributed by atoms with Gasteiger partial charge in [-0.2, -0.15) is 0 Å². The molecule has 0 bridgehead atoms. The van der Waals surface area contributed by atoms with Crippen LogP contribution in [0.4, 0.5) is 0 Å². The van der Waals surface area contributed by atoms with Crippen LogP contribution in [0.15, 0.2) is 58.5 Å².